The highest BCUT2D eigenvalue weighted by molar-refractivity contribution is 6.58. The minimum Gasteiger partial charge on any atom is -0.423 e. The molecule has 0 heterocycles. The standard InChI is InChI=1S/C8H12BNO2/c1-2-6-3-7(9(11)12)5-8(10)4-6/h3-5,11-12H,2,10H2,1H3. The van der Waals surface area contributed by atoms with Crippen molar-refractivity contribution in [3.05, 3.63) is 23.8 Å². The van der Waals surface area contributed by atoms with E-state index < -0.39 is 7.12 Å². The molecule has 0 fully saturated rings. The number of hydrogen-bond donors (Lipinski definition) is 3. The van der Waals surface area contributed by atoms with E-state index >= 15 is 0 Å². The Hall–Kier alpha value is -0.995. The van der Waals surface area contributed by atoms with Gasteiger partial charge in [-0.2, -0.15) is 0 Å². The third-order valence-corrected chi connectivity index (χ3v) is 1.74. The van der Waals surface area contributed by atoms with Gasteiger partial charge in [0, 0.05) is 5.69 Å². The highest BCUT2D eigenvalue weighted by Gasteiger charge is 2.11. The molecule has 0 aliphatic heterocycles. The summed E-state index contributed by atoms with van der Waals surface area (Å²) >= 11 is 0. The zero-order chi connectivity index (χ0) is 9.14. The number of rotatable bonds is 2. The summed E-state index contributed by atoms with van der Waals surface area (Å²) < 4.78 is 0. The van der Waals surface area contributed by atoms with Crippen LogP contribution in [0.25, 0.3) is 0 Å². The predicted octanol–water partition coefficient (Wildman–Crippen LogP) is -0.489. The molecule has 0 aromatic heterocycles. The zero-order valence-electron chi connectivity index (χ0n) is 6.99. The highest BCUT2D eigenvalue weighted by atomic mass is 16.4. The van der Waals surface area contributed by atoms with Gasteiger partial charge in [-0.25, -0.2) is 0 Å². The summed E-state index contributed by atoms with van der Waals surface area (Å²) in [4.78, 5) is 0. The van der Waals surface area contributed by atoms with E-state index in [-0.39, 0.29) is 0 Å². The first-order valence-corrected chi connectivity index (χ1v) is 3.89. The minimum atomic E-state index is -1.43. The first kappa shape index (κ1) is 9.10. The fraction of sp³-hybridized carbons (Fsp3) is 0.250. The minimum absolute atomic E-state index is 0.451. The molecule has 4 N–H and O–H groups in total. The molecular weight excluding hydrogens is 153 g/mol. The molecule has 0 aliphatic rings. The van der Waals surface area contributed by atoms with Crippen molar-refractivity contribution in [3.8, 4) is 0 Å². The summed E-state index contributed by atoms with van der Waals surface area (Å²) in [5, 5.41) is 17.7. The Morgan fingerprint density at radius 3 is 2.50 bits per heavy atom. The highest BCUT2D eigenvalue weighted by Crippen LogP contribution is 2.05. The Labute approximate surface area is 72.0 Å². The van der Waals surface area contributed by atoms with Crippen LogP contribution in [-0.4, -0.2) is 17.2 Å². The van der Waals surface area contributed by atoms with E-state index in [2.05, 4.69) is 0 Å². The third-order valence-electron chi connectivity index (χ3n) is 1.74. The van der Waals surface area contributed by atoms with Crippen LogP contribution in [0.2, 0.25) is 0 Å². The summed E-state index contributed by atoms with van der Waals surface area (Å²) in [6.07, 6.45) is 0.838. The van der Waals surface area contributed by atoms with Crippen LogP contribution < -0.4 is 11.2 Å². The number of aryl methyl sites for hydroxylation is 1. The molecule has 0 radical (unpaired) electrons. The Morgan fingerprint density at radius 1 is 1.33 bits per heavy atom. The van der Waals surface area contributed by atoms with E-state index in [9.17, 15) is 0 Å². The van der Waals surface area contributed by atoms with E-state index in [0.717, 1.165) is 12.0 Å². The van der Waals surface area contributed by atoms with Crippen molar-refractivity contribution < 1.29 is 10.0 Å². The van der Waals surface area contributed by atoms with E-state index in [0.29, 0.717) is 11.2 Å². The first-order chi connectivity index (χ1) is 5.63. The van der Waals surface area contributed by atoms with Gasteiger partial charge in [0.05, 0.1) is 0 Å². The van der Waals surface area contributed by atoms with Crippen molar-refractivity contribution in [2.45, 2.75) is 13.3 Å². The van der Waals surface area contributed by atoms with Gasteiger partial charge >= 0.3 is 7.12 Å². The third kappa shape index (κ3) is 2.00. The van der Waals surface area contributed by atoms with Gasteiger partial charge < -0.3 is 15.8 Å². The molecule has 0 aliphatic carbocycles. The van der Waals surface area contributed by atoms with Crippen molar-refractivity contribution in [1.29, 1.82) is 0 Å². The van der Waals surface area contributed by atoms with Crippen LogP contribution in [0, 0.1) is 0 Å². The number of benzene rings is 1. The molecule has 3 nitrogen and oxygen atoms in total. The second kappa shape index (κ2) is 3.60. The van der Waals surface area contributed by atoms with Gasteiger partial charge in [0.1, 0.15) is 0 Å². The molecule has 0 saturated heterocycles. The quantitative estimate of drug-likeness (QED) is 0.409. The van der Waals surface area contributed by atoms with Crippen molar-refractivity contribution in [2.75, 3.05) is 5.73 Å². The molecule has 0 spiro atoms. The van der Waals surface area contributed by atoms with Gasteiger partial charge in [-0.05, 0) is 29.6 Å². The van der Waals surface area contributed by atoms with Crippen LogP contribution in [0.5, 0.6) is 0 Å². The van der Waals surface area contributed by atoms with Gasteiger partial charge in [0.25, 0.3) is 0 Å². The Morgan fingerprint density at radius 2 is 2.00 bits per heavy atom. The molecule has 0 amide bonds. The maximum atomic E-state index is 8.87. The molecule has 64 valence electrons. The zero-order valence-corrected chi connectivity index (χ0v) is 6.99. The molecule has 1 aromatic rings. The smallest absolute Gasteiger partial charge is 0.423 e. The van der Waals surface area contributed by atoms with E-state index in [1.54, 1.807) is 12.1 Å². The lowest BCUT2D eigenvalue weighted by atomic mass is 9.79. The van der Waals surface area contributed by atoms with Crippen molar-refractivity contribution in [3.63, 3.8) is 0 Å². The summed E-state index contributed by atoms with van der Waals surface area (Å²) in [7, 11) is -1.43. The molecule has 1 rings (SSSR count). The van der Waals surface area contributed by atoms with Crippen LogP contribution in [-0.2, 0) is 6.42 Å². The topological polar surface area (TPSA) is 66.5 Å². The Bertz CT molecular complexity index is 276. The Balaban J connectivity index is 3.06. The van der Waals surface area contributed by atoms with E-state index in [1.165, 1.54) is 0 Å². The average molecular weight is 165 g/mol. The molecule has 0 saturated carbocycles. The second-order valence-electron chi connectivity index (χ2n) is 2.74. The van der Waals surface area contributed by atoms with Gasteiger partial charge in [0.2, 0.25) is 0 Å². The number of hydrogen-bond acceptors (Lipinski definition) is 3. The maximum absolute atomic E-state index is 8.87. The van der Waals surface area contributed by atoms with Gasteiger partial charge in [0.15, 0.2) is 0 Å². The van der Waals surface area contributed by atoms with Gasteiger partial charge in [-0.1, -0.05) is 13.0 Å². The number of anilines is 1. The van der Waals surface area contributed by atoms with Crippen LogP contribution in [0.15, 0.2) is 18.2 Å². The summed E-state index contributed by atoms with van der Waals surface area (Å²) in [5.41, 5.74) is 7.58. The molecule has 0 bridgehead atoms. The van der Waals surface area contributed by atoms with Crippen molar-refractivity contribution >= 4 is 18.3 Å². The second-order valence-corrected chi connectivity index (χ2v) is 2.74. The predicted molar refractivity (Wildman–Crippen MR) is 50.1 cm³/mol. The van der Waals surface area contributed by atoms with Crippen molar-refractivity contribution in [1.82, 2.24) is 0 Å². The lowest BCUT2D eigenvalue weighted by molar-refractivity contribution is 0.426. The fourth-order valence-electron chi connectivity index (χ4n) is 1.10. The van der Waals surface area contributed by atoms with E-state index in [4.69, 9.17) is 15.8 Å². The van der Waals surface area contributed by atoms with Gasteiger partial charge in [-0.3, -0.25) is 0 Å². The fourth-order valence-corrected chi connectivity index (χ4v) is 1.10. The summed E-state index contributed by atoms with van der Waals surface area (Å²) in [6, 6.07) is 5.12. The summed E-state index contributed by atoms with van der Waals surface area (Å²) in [6.45, 7) is 1.99. The van der Waals surface area contributed by atoms with Crippen molar-refractivity contribution in [2.24, 2.45) is 0 Å². The van der Waals surface area contributed by atoms with E-state index in [1.807, 2.05) is 13.0 Å². The molecule has 4 heteroatoms. The van der Waals surface area contributed by atoms with Gasteiger partial charge in [-0.15, -0.1) is 0 Å². The number of nitrogens with two attached hydrogens (primary N) is 1. The molecule has 0 unspecified atom stereocenters. The largest absolute Gasteiger partial charge is 0.488 e. The first-order valence-electron chi connectivity index (χ1n) is 3.89. The lowest BCUT2D eigenvalue weighted by Crippen LogP contribution is -2.30. The van der Waals surface area contributed by atoms with Crippen LogP contribution >= 0.6 is 0 Å². The molecule has 12 heavy (non-hydrogen) atoms. The monoisotopic (exact) mass is 165 g/mol. The molecule has 1 aromatic carbocycles. The average Bonchev–Trinajstić information content (AvgIpc) is 2.03. The van der Waals surface area contributed by atoms with Crippen LogP contribution in [0.4, 0.5) is 5.69 Å². The summed E-state index contributed by atoms with van der Waals surface area (Å²) in [5.74, 6) is 0. The number of nitrogen functional groups attached to an aromatic ring is 1. The maximum Gasteiger partial charge on any atom is 0.488 e. The normalized spacial score (nSPS) is 9.92. The SMILES string of the molecule is CCc1cc(N)cc(B(O)O)c1. The lowest BCUT2D eigenvalue weighted by Gasteiger charge is -2.04. The van der Waals surface area contributed by atoms with Crippen LogP contribution in [0.3, 0.4) is 0 Å². The molecule has 0 atom stereocenters. The Kier molecular flexibility index (Phi) is 2.73. The van der Waals surface area contributed by atoms with Crippen LogP contribution in [0.1, 0.15) is 12.5 Å². The molecular formula is C8H12BNO2.